The first-order chi connectivity index (χ1) is 14.0. The number of esters is 1. The fourth-order valence-electron chi connectivity index (χ4n) is 3.86. The Bertz CT molecular complexity index is 852. The summed E-state index contributed by atoms with van der Waals surface area (Å²) in [4.78, 5) is 18.5. The number of aryl methyl sites for hydroxylation is 2. The molecule has 1 aromatic heterocycles. The molecule has 2 heterocycles. The monoisotopic (exact) mass is 525 g/mol. The first kappa shape index (κ1) is 24.2. The molecule has 0 radical (unpaired) electrons. The van der Waals surface area contributed by atoms with Crippen molar-refractivity contribution in [2.75, 3.05) is 33.8 Å². The molecule has 2 aromatic rings. The van der Waals surface area contributed by atoms with Crippen molar-refractivity contribution in [3.8, 4) is 5.69 Å². The maximum atomic E-state index is 11.9. The van der Waals surface area contributed by atoms with Crippen LogP contribution in [0.5, 0.6) is 0 Å². The van der Waals surface area contributed by atoms with E-state index in [4.69, 9.17) is 4.74 Å². The number of hydrogen-bond acceptors (Lipinski definition) is 4. The van der Waals surface area contributed by atoms with Gasteiger partial charge < -0.3 is 15.0 Å². The number of carbonyl (C=O) groups excluding carboxylic acids is 1. The van der Waals surface area contributed by atoms with Gasteiger partial charge in [-0.25, -0.2) is 4.68 Å². The van der Waals surface area contributed by atoms with E-state index >= 15 is 0 Å². The SMILES string of the molecule is CN=C(NCCCc1cn(-c2ccccc2)nc1C)N1CC(C)C(C(=O)OC)C1.I. The van der Waals surface area contributed by atoms with Gasteiger partial charge in [0.2, 0.25) is 0 Å². The Hall–Kier alpha value is -2.10. The van der Waals surface area contributed by atoms with E-state index in [-0.39, 0.29) is 41.8 Å². The molecule has 164 valence electrons. The molecule has 7 nitrogen and oxygen atoms in total. The molecule has 2 atom stereocenters. The molecule has 8 heteroatoms. The van der Waals surface area contributed by atoms with Gasteiger partial charge in [0.15, 0.2) is 5.96 Å². The number of nitrogens with one attached hydrogen (secondary N) is 1. The van der Waals surface area contributed by atoms with E-state index in [1.807, 2.05) is 22.9 Å². The number of guanidine groups is 1. The molecular weight excluding hydrogens is 493 g/mol. The summed E-state index contributed by atoms with van der Waals surface area (Å²) in [5.74, 6) is 0.874. The fraction of sp³-hybridized carbons (Fsp3) is 0.500. The van der Waals surface area contributed by atoms with Crippen LogP contribution in [-0.4, -0.2) is 60.4 Å². The number of hydrogen-bond donors (Lipinski definition) is 1. The number of carbonyl (C=O) groups is 1. The van der Waals surface area contributed by atoms with Crippen molar-refractivity contribution in [3.05, 3.63) is 47.8 Å². The Morgan fingerprint density at radius 3 is 2.70 bits per heavy atom. The largest absolute Gasteiger partial charge is 0.469 e. The Balaban J connectivity index is 0.00000320. The second-order valence-corrected chi connectivity index (χ2v) is 7.61. The Morgan fingerprint density at radius 1 is 1.30 bits per heavy atom. The van der Waals surface area contributed by atoms with Crippen molar-refractivity contribution in [1.29, 1.82) is 0 Å². The zero-order valence-electron chi connectivity index (χ0n) is 18.2. The Morgan fingerprint density at radius 2 is 2.03 bits per heavy atom. The molecule has 1 saturated heterocycles. The first-order valence-electron chi connectivity index (χ1n) is 10.2. The van der Waals surface area contributed by atoms with Gasteiger partial charge in [-0.15, -0.1) is 24.0 Å². The smallest absolute Gasteiger partial charge is 0.310 e. The van der Waals surface area contributed by atoms with Crippen LogP contribution in [0.4, 0.5) is 0 Å². The third-order valence-electron chi connectivity index (χ3n) is 5.55. The minimum atomic E-state index is -0.138. The molecule has 1 aromatic carbocycles. The third kappa shape index (κ3) is 5.74. The lowest BCUT2D eigenvalue weighted by atomic mass is 9.99. The summed E-state index contributed by atoms with van der Waals surface area (Å²) < 4.78 is 6.87. The molecule has 0 amide bonds. The van der Waals surface area contributed by atoms with Crippen molar-refractivity contribution in [2.24, 2.45) is 16.8 Å². The molecule has 1 fully saturated rings. The molecule has 1 aliphatic rings. The summed E-state index contributed by atoms with van der Waals surface area (Å²) in [6, 6.07) is 10.2. The highest BCUT2D eigenvalue weighted by Crippen LogP contribution is 2.24. The number of aliphatic imine (C=N–C) groups is 1. The zero-order chi connectivity index (χ0) is 20.8. The van der Waals surface area contributed by atoms with Crippen LogP contribution < -0.4 is 5.32 Å². The van der Waals surface area contributed by atoms with Crippen LogP contribution in [0.15, 0.2) is 41.5 Å². The summed E-state index contributed by atoms with van der Waals surface area (Å²) in [6.45, 7) is 6.41. The summed E-state index contributed by atoms with van der Waals surface area (Å²) >= 11 is 0. The van der Waals surface area contributed by atoms with Gasteiger partial charge in [0.05, 0.1) is 24.4 Å². The summed E-state index contributed by atoms with van der Waals surface area (Å²) in [7, 11) is 3.24. The van der Waals surface area contributed by atoms with Gasteiger partial charge in [-0.1, -0.05) is 25.1 Å². The van der Waals surface area contributed by atoms with Crippen LogP contribution in [0.2, 0.25) is 0 Å². The topological polar surface area (TPSA) is 71.8 Å². The van der Waals surface area contributed by atoms with Crippen LogP contribution in [0.3, 0.4) is 0 Å². The molecule has 0 saturated carbocycles. The number of likely N-dealkylation sites (tertiary alicyclic amines) is 1. The van der Waals surface area contributed by atoms with Gasteiger partial charge in [0.25, 0.3) is 0 Å². The minimum absolute atomic E-state index is 0. The predicted octanol–water partition coefficient (Wildman–Crippen LogP) is 3.05. The second kappa shape index (κ2) is 11.3. The lowest BCUT2D eigenvalue weighted by Gasteiger charge is -2.21. The van der Waals surface area contributed by atoms with Crippen molar-refractivity contribution in [2.45, 2.75) is 26.7 Å². The van der Waals surface area contributed by atoms with Crippen molar-refractivity contribution < 1.29 is 9.53 Å². The number of nitrogens with zero attached hydrogens (tertiary/aromatic N) is 4. The van der Waals surface area contributed by atoms with Crippen LogP contribution in [-0.2, 0) is 16.0 Å². The average molecular weight is 525 g/mol. The van der Waals surface area contributed by atoms with Gasteiger partial charge in [-0.3, -0.25) is 9.79 Å². The van der Waals surface area contributed by atoms with Gasteiger partial charge in [0.1, 0.15) is 0 Å². The molecule has 3 rings (SSSR count). The van der Waals surface area contributed by atoms with E-state index in [0.717, 1.165) is 43.3 Å². The summed E-state index contributed by atoms with van der Waals surface area (Å²) in [5.41, 5.74) is 3.39. The Labute approximate surface area is 195 Å². The molecule has 2 unspecified atom stereocenters. The lowest BCUT2D eigenvalue weighted by molar-refractivity contribution is -0.145. The zero-order valence-corrected chi connectivity index (χ0v) is 20.5. The van der Waals surface area contributed by atoms with Crippen LogP contribution >= 0.6 is 24.0 Å². The van der Waals surface area contributed by atoms with Gasteiger partial charge in [-0.05, 0) is 43.4 Å². The quantitative estimate of drug-likeness (QED) is 0.207. The third-order valence-corrected chi connectivity index (χ3v) is 5.55. The minimum Gasteiger partial charge on any atom is -0.469 e. The van der Waals surface area contributed by atoms with Crippen molar-refractivity contribution in [3.63, 3.8) is 0 Å². The highest BCUT2D eigenvalue weighted by Gasteiger charge is 2.36. The fourth-order valence-corrected chi connectivity index (χ4v) is 3.86. The normalized spacial score (nSPS) is 18.8. The first-order valence-corrected chi connectivity index (χ1v) is 10.2. The number of benzene rings is 1. The van der Waals surface area contributed by atoms with E-state index in [1.54, 1.807) is 7.05 Å². The highest BCUT2D eigenvalue weighted by molar-refractivity contribution is 14.0. The van der Waals surface area contributed by atoms with Crippen molar-refractivity contribution >= 4 is 35.9 Å². The predicted molar refractivity (Wildman–Crippen MR) is 130 cm³/mol. The van der Waals surface area contributed by atoms with E-state index < -0.39 is 0 Å². The van der Waals surface area contributed by atoms with E-state index in [0.29, 0.717) is 6.54 Å². The van der Waals surface area contributed by atoms with Gasteiger partial charge in [-0.2, -0.15) is 5.10 Å². The van der Waals surface area contributed by atoms with Gasteiger partial charge >= 0.3 is 5.97 Å². The second-order valence-electron chi connectivity index (χ2n) is 7.61. The average Bonchev–Trinajstić information content (AvgIpc) is 3.31. The van der Waals surface area contributed by atoms with Crippen LogP contribution in [0.25, 0.3) is 5.69 Å². The lowest BCUT2D eigenvalue weighted by Crippen LogP contribution is -2.41. The summed E-state index contributed by atoms with van der Waals surface area (Å²) in [5, 5.41) is 8.07. The van der Waals surface area contributed by atoms with Crippen LogP contribution in [0, 0.1) is 18.8 Å². The number of aromatic nitrogens is 2. The molecule has 0 spiro atoms. The molecule has 1 aliphatic heterocycles. The van der Waals surface area contributed by atoms with E-state index in [1.165, 1.54) is 12.7 Å². The molecule has 1 N–H and O–H groups in total. The van der Waals surface area contributed by atoms with Crippen molar-refractivity contribution in [1.82, 2.24) is 20.0 Å². The molecule has 0 aliphatic carbocycles. The maximum absolute atomic E-state index is 11.9. The van der Waals surface area contributed by atoms with E-state index in [2.05, 4.69) is 52.5 Å². The number of para-hydroxylation sites is 1. The highest BCUT2D eigenvalue weighted by atomic mass is 127. The maximum Gasteiger partial charge on any atom is 0.310 e. The summed E-state index contributed by atoms with van der Waals surface area (Å²) in [6.07, 6.45) is 4.04. The molecular formula is C22H32IN5O2. The standard InChI is InChI=1S/C22H31N5O2.HI/c1-16-13-26(15-20(16)21(28)29-4)22(23-3)24-12-8-9-18-14-27(25-17(18)2)19-10-6-5-7-11-19;/h5-7,10-11,14,16,20H,8-9,12-13,15H2,1-4H3,(H,23,24);1H. The molecule has 0 bridgehead atoms. The van der Waals surface area contributed by atoms with E-state index in [9.17, 15) is 4.79 Å². The number of ether oxygens (including phenoxy) is 1. The number of rotatable bonds is 6. The van der Waals surface area contributed by atoms with Crippen LogP contribution in [0.1, 0.15) is 24.6 Å². The van der Waals surface area contributed by atoms with Gasteiger partial charge in [0, 0.05) is 32.9 Å². The number of halogens is 1. The Kier molecular flexibility index (Phi) is 9.13. The number of methoxy groups -OCH3 is 1. The molecule has 30 heavy (non-hydrogen) atoms.